The van der Waals surface area contributed by atoms with Crippen molar-refractivity contribution in [2.75, 3.05) is 0 Å². The first-order chi connectivity index (χ1) is 9.95. The number of nitrogens with zero attached hydrogens (tertiary/aromatic N) is 2. The number of furan rings is 1. The van der Waals surface area contributed by atoms with Crippen LogP contribution in [0, 0.1) is 20.8 Å². The Labute approximate surface area is 124 Å². The Kier molecular flexibility index (Phi) is 3.33. The number of benzene rings is 1. The van der Waals surface area contributed by atoms with E-state index in [0.29, 0.717) is 12.2 Å². The third-order valence-corrected chi connectivity index (χ3v) is 4.08. The van der Waals surface area contributed by atoms with E-state index in [4.69, 9.17) is 4.42 Å². The van der Waals surface area contributed by atoms with E-state index in [-0.39, 0.29) is 0 Å². The second kappa shape index (κ2) is 5.04. The van der Waals surface area contributed by atoms with Gasteiger partial charge in [-0.1, -0.05) is 11.6 Å². The average Bonchev–Trinajstić information content (AvgIpc) is 2.95. The van der Waals surface area contributed by atoms with Crippen molar-refractivity contribution >= 4 is 11.0 Å². The summed E-state index contributed by atoms with van der Waals surface area (Å²) in [7, 11) is 1.92. The molecule has 1 N–H and O–H groups in total. The van der Waals surface area contributed by atoms with Gasteiger partial charge in [0.15, 0.2) is 0 Å². The number of hydrogen-bond donors (Lipinski definition) is 1. The molecule has 0 fully saturated rings. The maximum Gasteiger partial charge on any atom is 0.134 e. The van der Waals surface area contributed by atoms with Crippen molar-refractivity contribution in [1.29, 1.82) is 0 Å². The van der Waals surface area contributed by atoms with Crippen molar-refractivity contribution in [3.63, 3.8) is 0 Å². The van der Waals surface area contributed by atoms with Gasteiger partial charge < -0.3 is 9.52 Å². The van der Waals surface area contributed by atoms with Crippen molar-refractivity contribution in [2.45, 2.75) is 33.3 Å². The summed E-state index contributed by atoms with van der Waals surface area (Å²) in [5.41, 5.74) is 5.12. The Morgan fingerprint density at radius 2 is 2.00 bits per heavy atom. The number of rotatable bonds is 3. The molecule has 0 bridgehead atoms. The van der Waals surface area contributed by atoms with Gasteiger partial charge in [-0.2, -0.15) is 5.10 Å². The highest BCUT2D eigenvalue weighted by atomic mass is 16.4. The highest BCUT2D eigenvalue weighted by Gasteiger charge is 2.18. The van der Waals surface area contributed by atoms with Gasteiger partial charge in [-0.3, -0.25) is 4.68 Å². The fraction of sp³-hybridized carbons (Fsp3) is 0.353. The maximum atomic E-state index is 10.5. The van der Waals surface area contributed by atoms with Crippen molar-refractivity contribution in [2.24, 2.45) is 7.05 Å². The summed E-state index contributed by atoms with van der Waals surface area (Å²) >= 11 is 0. The fourth-order valence-electron chi connectivity index (χ4n) is 2.75. The molecule has 0 saturated heterocycles. The molecule has 21 heavy (non-hydrogen) atoms. The molecular formula is C17H20N2O2. The first-order valence-corrected chi connectivity index (χ1v) is 7.13. The molecule has 2 heterocycles. The van der Waals surface area contributed by atoms with Crippen molar-refractivity contribution in [1.82, 2.24) is 9.78 Å². The van der Waals surface area contributed by atoms with Gasteiger partial charge in [0, 0.05) is 24.5 Å². The molecule has 4 nitrogen and oxygen atoms in total. The molecule has 1 aromatic carbocycles. The van der Waals surface area contributed by atoms with Crippen LogP contribution in [0.2, 0.25) is 0 Å². The van der Waals surface area contributed by atoms with Crippen LogP contribution >= 0.6 is 0 Å². The quantitative estimate of drug-likeness (QED) is 0.802. The molecular weight excluding hydrogens is 264 g/mol. The third-order valence-electron chi connectivity index (χ3n) is 4.08. The third kappa shape index (κ3) is 2.47. The Balaban J connectivity index is 1.91. The van der Waals surface area contributed by atoms with Crippen LogP contribution in [0.3, 0.4) is 0 Å². The minimum Gasteiger partial charge on any atom is -0.458 e. The lowest BCUT2D eigenvalue weighted by Gasteiger charge is -2.08. The summed E-state index contributed by atoms with van der Waals surface area (Å²) in [6.07, 6.45) is -0.135. The lowest BCUT2D eigenvalue weighted by atomic mass is 10.0. The highest BCUT2D eigenvalue weighted by molar-refractivity contribution is 5.78. The van der Waals surface area contributed by atoms with Gasteiger partial charge in [0.05, 0.1) is 5.69 Å². The molecule has 1 atom stereocenters. The minimum absolute atomic E-state index is 0.518. The zero-order chi connectivity index (χ0) is 15.1. The fourth-order valence-corrected chi connectivity index (χ4v) is 2.75. The number of aryl methyl sites for hydroxylation is 3. The minimum atomic E-state index is -0.653. The van der Waals surface area contributed by atoms with E-state index in [9.17, 15) is 5.11 Å². The van der Waals surface area contributed by atoms with Gasteiger partial charge in [-0.05, 0) is 44.5 Å². The normalized spacial score (nSPS) is 13.0. The number of hydrogen-bond acceptors (Lipinski definition) is 3. The number of aromatic nitrogens is 2. The lowest BCUT2D eigenvalue weighted by Crippen LogP contribution is -2.03. The van der Waals surface area contributed by atoms with Crippen LogP contribution in [-0.2, 0) is 13.5 Å². The summed E-state index contributed by atoms with van der Waals surface area (Å²) in [5, 5.41) is 15.9. The number of aliphatic hydroxyl groups excluding tert-OH is 1. The largest absolute Gasteiger partial charge is 0.458 e. The van der Waals surface area contributed by atoms with E-state index in [2.05, 4.69) is 11.2 Å². The predicted octanol–water partition coefficient (Wildman–Crippen LogP) is 3.37. The molecule has 0 radical (unpaired) electrons. The molecule has 1 unspecified atom stereocenters. The maximum absolute atomic E-state index is 10.5. The molecule has 0 saturated carbocycles. The second-order valence-electron chi connectivity index (χ2n) is 5.68. The van der Waals surface area contributed by atoms with Crippen LogP contribution in [0.1, 0.15) is 34.4 Å². The van der Waals surface area contributed by atoms with Crippen LogP contribution in [-0.4, -0.2) is 14.9 Å². The van der Waals surface area contributed by atoms with E-state index in [1.807, 2.05) is 50.7 Å². The van der Waals surface area contributed by atoms with E-state index in [1.54, 1.807) is 0 Å². The summed E-state index contributed by atoms with van der Waals surface area (Å²) < 4.78 is 7.61. The van der Waals surface area contributed by atoms with Crippen LogP contribution in [0.15, 0.2) is 28.7 Å². The zero-order valence-corrected chi connectivity index (χ0v) is 12.8. The Morgan fingerprint density at radius 1 is 1.24 bits per heavy atom. The second-order valence-corrected chi connectivity index (χ2v) is 5.68. The Morgan fingerprint density at radius 3 is 2.67 bits per heavy atom. The Hall–Kier alpha value is -2.07. The SMILES string of the molecule is Cc1ccc2oc(C(O)Cc3c(C)nn(C)c3C)cc2c1. The highest BCUT2D eigenvalue weighted by Crippen LogP contribution is 2.28. The van der Waals surface area contributed by atoms with Gasteiger partial charge >= 0.3 is 0 Å². The summed E-state index contributed by atoms with van der Waals surface area (Å²) in [4.78, 5) is 0. The molecule has 0 aliphatic heterocycles. The van der Waals surface area contributed by atoms with Gasteiger partial charge in [0.1, 0.15) is 17.4 Å². The van der Waals surface area contributed by atoms with Crippen LogP contribution < -0.4 is 0 Å². The topological polar surface area (TPSA) is 51.2 Å². The molecule has 2 aromatic heterocycles. The number of aliphatic hydroxyl groups is 1. The molecule has 3 rings (SSSR count). The molecule has 110 valence electrons. The van der Waals surface area contributed by atoms with Crippen LogP contribution in [0.25, 0.3) is 11.0 Å². The van der Waals surface area contributed by atoms with E-state index < -0.39 is 6.10 Å². The van der Waals surface area contributed by atoms with E-state index in [0.717, 1.165) is 27.9 Å². The van der Waals surface area contributed by atoms with Gasteiger partial charge in [0.2, 0.25) is 0 Å². The molecule has 3 aromatic rings. The molecule has 0 spiro atoms. The van der Waals surface area contributed by atoms with Crippen LogP contribution in [0.5, 0.6) is 0 Å². The van der Waals surface area contributed by atoms with Crippen molar-refractivity contribution < 1.29 is 9.52 Å². The first-order valence-electron chi connectivity index (χ1n) is 7.13. The van der Waals surface area contributed by atoms with Gasteiger partial charge in [-0.25, -0.2) is 0 Å². The summed E-state index contributed by atoms with van der Waals surface area (Å²) in [6.45, 7) is 6.03. The standard InChI is InChI=1S/C17H20N2O2/c1-10-5-6-16-13(7-10)8-17(21-16)15(20)9-14-11(2)18-19(4)12(14)3/h5-8,15,20H,9H2,1-4H3. The first kappa shape index (κ1) is 13.9. The zero-order valence-electron chi connectivity index (χ0n) is 12.8. The van der Waals surface area contributed by atoms with E-state index >= 15 is 0 Å². The molecule has 0 aliphatic rings. The molecule has 0 aliphatic carbocycles. The van der Waals surface area contributed by atoms with E-state index in [1.165, 1.54) is 5.56 Å². The average molecular weight is 284 g/mol. The van der Waals surface area contributed by atoms with Gasteiger partial charge in [0.25, 0.3) is 0 Å². The molecule has 0 amide bonds. The summed E-state index contributed by atoms with van der Waals surface area (Å²) in [6, 6.07) is 7.95. The van der Waals surface area contributed by atoms with Gasteiger partial charge in [-0.15, -0.1) is 0 Å². The lowest BCUT2D eigenvalue weighted by molar-refractivity contribution is 0.152. The smallest absolute Gasteiger partial charge is 0.134 e. The summed E-state index contributed by atoms with van der Waals surface area (Å²) in [5.74, 6) is 0.609. The van der Waals surface area contributed by atoms with Crippen LogP contribution in [0.4, 0.5) is 0 Å². The van der Waals surface area contributed by atoms with Crippen molar-refractivity contribution in [3.8, 4) is 0 Å². The number of fused-ring (bicyclic) bond motifs is 1. The Bertz CT molecular complexity index is 799. The predicted molar refractivity (Wildman–Crippen MR) is 82.3 cm³/mol. The monoisotopic (exact) mass is 284 g/mol. The molecule has 4 heteroatoms. The van der Waals surface area contributed by atoms with Crippen molar-refractivity contribution in [3.05, 3.63) is 52.5 Å².